The van der Waals surface area contributed by atoms with Crippen molar-refractivity contribution in [3.8, 4) is 0 Å². The van der Waals surface area contributed by atoms with Gasteiger partial charge < -0.3 is 10.6 Å². The van der Waals surface area contributed by atoms with Gasteiger partial charge in [0.1, 0.15) is 4.88 Å². The first-order valence-electron chi connectivity index (χ1n) is 8.62. The number of hydrogen-bond acceptors (Lipinski definition) is 4. The van der Waals surface area contributed by atoms with Gasteiger partial charge in [0.15, 0.2) is 0 Å². The van der Waals surface area contributed by atoms with E-state index in [1.807, 2.05) is 36.9 Å². The van der Waals surface area contributed by atoms with Gasteiger partial charge >= 0.3 is 0 Å². The van der Waals surface area contributed by atoms with Gasteiger partial charge in [0.25, 0.3) is 5.91 Å². The van der Waals surface area contributed by atoms with E-state index in [0.717, 1.165) is 53.5 Å². The minimum atomic E-state index is -0.405. The Morgan fingerprint density at radius 3 is 2.92 bits per heavy atom. The molecule has 0 aliphatic carbocycles. The number of nitrogens with zero attached hydrogens (tertiary/aromatic N) is 2. The minimum absolute atomic E-state index is 0.107. The van der Waals surface area contributed by atoms with Gasteiger partial charge in [-0.05, 0) is 49.8 Å². The Bertz CT molecular complexity index is 800. The molecular weight excluding hydrogens is 334 g/mol. The van der Waals surface area contributed by atoms with Crippen LogP contribution in [0.15, 0.2) is 24.3 Å². The molecule has 6 heteroatoms. The van der Waals surface area contributed by atoms with Crippen molar-refractivity contribution in [3.63, 3.8) is 0 Å². The number of likely N-dealkylation sites (tertiary alicyclic amines) is 1. The van der Waals surface area contributed by atoms with E-state index in [2.05, 4.69) is 4.98 Å². The van der Waals surface area contributed by atoms with Crippen LogP contribution in [0, 0.1) is 12.8 Å². The number of carbonyl (C=O) groups excluding carboxylic acids is 2. The number of rotatable bonds is 5. The number of amides is 2. The Morgan fingerprint density at radius 1 is 1.40 bits per heavy atom. The van der Waals surface area contributed by atoms with Crippen molar-refractivity contribution >= 4 is 23.2 Å². The summed E-state index contributed by atoms with van der Waals surface area (Å²) in [6, 6.07) is 7.46. The third-order valence-electron chi connectivity index (χ3n) is 4.64. The van der Waals surface area contributed by atoms with Gasteiger partial charge in [-0.1, -0.05) is 19.1 Å². The van der Waals surface area contributed by atoms with Crippen molar-refractivity contribution in [1.29, 1.82) is 0 Å². The van der Waals surface area contributed by atoms with E-state index < -0.39 is 5.91 Å². The van der Waals surface area contributed by atoms with Crippen molar-refractivity contribution in [2.75, 3.05) is 13.1 Å². The molecule has 2 amide bonds. The number of hydrogen-bond donors (Lipinski definition) is 1. The minimum Gasteiger partial charge on any atom is -0.366 e. The zero-order valence-electron chi connectivity index (χ0n) is 14.6. The number of thiazole rings is 1. The average Bonchev–Trinajstić information content (AvgIpc) is 3.20. The molecule has 1 aromatic heterocycles. The van der Waals surface area contributed by atoms with Crippen LogP contribution in [0.1, 0.15) is 49.6 Å². The second kappa shape index (κ2) is 7.35. The predicted molar refractivity (Wildman–Crippen MR) is 98.9 cm³/mol. The first-order chi connectivity index (χ1) is 12.0. The van der Waals surface area contributed by atoms with Crippen LogP contribution < -0.4 is 5.73 Å². The molecule has 2 aromatic rings. The molecule has 5 nitrogen and oxygen atoms in total. The van der Waals surface area contributed by atoms with Gasteiger partial charge in [0, 0.05) is 18.7 Å². The molecule has 1 aliphatic rings. The van der Waals surface area contributed by atoms with E-state index in [1.165, 1.54) is 11.3 Å². The Labute approximate surface area is 151 Å². The highest BCUT2D eigenvalue weighted by molar-refractivity contribution is 7.13. The van der Waals surface area contributed by atoms with E-state index in [9.17, 15) is 9.59 Å². The molecule has 25 heavy (non-hydrogen) atoms. The maximum atomic E-state index is 12.8. The summed E-state index contributed by atoms with van der Waals surface area (Å²) in [5, 5.41) is 0.944. The van der Waals surface area contributed by atoms with Crippen molar-refractivity contribution in [1.82, 2.24) is 9.88 Å². The maximum absolute atomic E-state index is 12.8. The summed E-state index contributed by atoms with van der Waals surface area (Å²) in [6.45, 7) is 5.50. The Kier molecular flexibility index (Phi) is 5.18. The zero-order valence-corrected chi connectivity index (χ0v) is 15.4. The number of primary amides is 1. The van der Waals surface area contributed by atoms with Crippen LogP contribution in [0.4, 0.5) is 0 Å². The van der Waals surface area contributed by atoms with Crippen LogP contribution in [0.2, 0.25) is 0 Å². The summed E-state index contributed by atoms with van der Waals surface area (Å²) in [7, 11) is 0. The molecule has 2 heterocycles. The number of aromatic nitrogens is 1. The number of carbonyl (C=O) groups is 2. The lowest BCUT2D eigenvalue weighted by Gasteiger charge is -2.16. The maximum Gasteiger partial charge on any atom is 0.265 e. The summed E-state index contributed by atoms with van der Waals surface area (Å²) < 4.78 is 0. The monoisotopic (exact) mass is 357 g/mol. The molecule has 2 N–H and O–H groups in total. The smallest absolute Gasteiger partial charge is 0.265 e. The molecular formula is C19H23N3O2S. The molecule has 1 aliphatic heterocycles. The topological polar surface area (TPSA) is 76.3 Å². The highest BCUT2D eigenvalue weighted by Gasteiger charge is 2.29. The molecule has 1 fully saturated rings. The Balaban J connectivity index is 1.66. The van der Waals surface area contributed by atoms with Gasteiger partial charge in [0.2, 0.25) is 5.91 Å². The number of nitrogens with two attached hydrogens (primary N) is 1. The van der Waals surface area contributed by atoms with Crippen LogP contribution in [0.3, 0.4) is 0 Å². The molecule has 1 aromatic carbocycles. The van der Waals surface area contributed by atoms with Crippen LogP contribution in [0.25, 0.3) is 0 Å². The molecule has 132 valence electrons. The second-order valence-corrected chi connectivity index (χ2v) is 7.74. The van der Waals surface area contributed by atoms with Crippen LogP contribution >= 0.6 is 11.3 Å². The van der Waals surface area contributed by atoms with Crippen molar-refractivity contribution < 1.29 is 9.59 Å². The summed E-state index contributed by atoms with van der Waals surface area (Å²) in [5.41, 5.74) is 7.89. The van der Waals surface area contributed by atoms with Crippen molar-refractivity contribution in [2.24, 2.45) is 11.7 Å². The van der Waals surface area contributed by atoms with E-state index in [0.29, 0.717) is 11.5 Å². The molecule has 1 atom stereocenters. The van der Waals surface area contributed by atoms with Gasteiger partial charge in [-0.15, -0.1) is 11.3 Å². The number of benzene rings is 1. The first kappa shape index (κ1) is 17.6. The fraction of sp³-hybridized carbons (Fsp3) is 0.421. The third kappa shape index (κ3) is 3.90. The normalized spacial score (nSPS) is 17.0. The zero-order chi connectivity index (χ0) is 18.0. The van der Waals surface area contributed by atoms with Gasteiger partial charge in [-0.3, -0.25) is 9.59 Å². The molecule has 0 spiro atoms. The summed E-state index contributed by atoms with van der Waals surface area (Å²) in [4.78, 5) is 31.3. The third-order valence-corrected chi connectivity index (χ3v) is 5.64. The van der Waals surface area contributed by atoms with E-state index in [1.54, 1.807) is 6.07 Å². The van der Waals surface area contributed by atoms with Crippen molar-refractivity contribution in [3.05, 3.63) is 51.0 Å². The van der Waals surface area contributed by atoms with E-state index in [4.69, 9.17) is 5.73 Å². The average molecular weight is 357 g/mol. The van der Waals surface area contributed by atoms with Gasteiger partial charge in [0.05, 0.1) is 10.7 Å². The quantitative estimate of drug-likeness (QED) is 0.894. The summed E-state index contributed by atoms with van der Waals surface area (Å²) >= 11 is 1.49. The molecule has 0 bridgehead atoms. The van der Waals surface area contributed by atoms with Crippen LogP contribution in [-0.4, -0.2) is 34.8 Å². The highest BCUT2D eigenvalue weighted by Crippen LogP contribution is 2.26. The Morgan fingerprint density at radius 2 is 2.20 bits per heavy atom. The van der Waals surface area contributed by atoms with E-state index in [-0.39, 0.29) is 5.91 Å². The highest BCUT2D eigenvalue weighted by atomic mass is 32.1. The largest absolute Gasteiger partial charge is 0.366 e. The first-order valence-corrected chi connectivity index (χ1v) is 9.44. The summed E-state index contributed by atoms with van der Waals surface area (Å²) in [5.74, 6) is 0.111. The molecule has 0 saturated carbocycles. The predicted octanol–water partition coefficient (Wildman–Crippen LogP) is 2.82. The summed E-state index contributed by atoms with van der Waals surface area (Å²) in [6.07, 6.45) is 2.61. The SMILES string of the molecule is CCc1nc(C)sc1C(=O)N1CCC(Cc2cccc(C(N)=O)c2)C1. The van der Waals surface area contributed by atoms with Crippen LogP contribution in [-0.2, 0) is 12.8 Å². The van der Waals surface area contributed by atoms with Crippen LogP contribution in [0.5, 0.6) is 0 Å². The molecule has 0 radical (unpaired) electrons. The molecule has 3 rings (SSSR count). The van der Waals surface area contributed by atoms with Gasteiger partial charge in [-0.2, -0.15) is 0 Å². The van der Waals surface area contributed by atoms with Gasteiger partial charge in [-0.25, -0.2) is 4.98 Å². The fourth-order valence-corrected chi connectivity index (χ4v) is 4.36. The molecule has 1 unspecified atom stereocenters. The molecule has 1 saturated heterocycles. The Hall–Kier alpha value is -2.21. The lowest BCUT2D eigenvalue weighted by molar-refractivity contribution is 0.0790. The standard InChI is InChI=1S/C19H23N3O2S/c1-3-16-17(25-12(2)21-16)19(24)22-8-7-14(11-22)9-13-5-4-6-15(10-13)18(20)23/h4-6,10,14H,3,7-9,11H2,1-2H3,(H2,20,23). The van der Waals surface area contributed by atoms with Crippen molar-refractivity contribution in [2.45, 2.75) is 33.1 Å². The second-order valence-electron chi connectivity index (χ2n) is 6.54. The lowest BCUT2D eigenvalue weighted by atomic mass is 9.97. The van der Waals surface area contributed by atoms with E-state index >= 15 is 0 Å². The fourth-order valence-electron chi connectivity index (χ4n) is 3.39. The lowest BCUT2D eigenvalue weighted by Crippen LogP contribution is -2.29. The number of aryl methyl sites for hydroxylation is 2.